The van der Waals surface area contributed by atoms with Gasteiger partial charge in [-0.15, -0.1) is 0 Å². The number of benzene rings is 4. The maximum absolute atomic E-state index is 15.2. The summed E-state index contributed by atoms with van der Waals surface area (Å²) in [5, 5.41) is 2.02. The second-order valence-electron chi connectivity index (χ2n) is 10.0. The van der Waals surface area contributed by atoms with Crippen molar-refractivity contribution in [3.63, 3.8) is 0 Å². The second kappa shape index (κ2) is 10.7. The van der Waals surface area contributed by atoms with Gasteiger partial charge >= 0.3 is 7.60 Å². The molecule has 6 rings (SSSR count). The number of aromatic amines is 2. The zero-order valence-electron chi connectivity index (χ0n) is 22.1. The molecule has 0 aliphatic heterocycles. The first kappa shape index (κ1) is 25.4. The average molecular weight is 535 g/mol. The smallest absolute Gasteiger partial charge is 0.343 e. The lowest BCUT2D eigenvalue weighted by atomic mass is 10.0. The van der Waals surface area contributed by atoms with Gasteiger partial charge in [0.2, 0.25) is 0 Å². The minimum absolute atomic E-state index is 0.173. The van der Waals surface area contributed by atoms with Crippen molar-refractivity contribution in [3.05, 3.63) is 143 Å². The number of aromatic nitrogens is 2. The maximum atomic E-state index is 15.2. The highest BCUT2D eigenvalue weighted by molar-refractivity contribution is 7.54. The molecule has 2 heterocycles. The van der Waals surface area contributed by atoms with E-state index >= 15 is 4.57 Å². The van der Waals surface area contributed by atoms with E-state index in [0.29, 0.717) is 0 Å². The Balaban J connectivity index is 1.53. The fourth-order valence-electron chi connectivity index (χ4n) is 5.14. The summed E-state index contributed by atoms with van der Waals surface area (Å²) in [6.07, 6.45) is 3.90. The van der Waals surface area contributed by atoms with Crippen LogP contribution in [0.3, 0.4) is 0 Å². The summed E-state index contributed by atoms with van der Waals surface area (Å²) >= 11 is 0. The van der Waals surface area contributed by atoms with Gasteiger partial charge in [0, 0.05) is 34.2 Å². The summed E-state index contributed by atoms with van der Waals surface area (Å²) < 4.78 is 28.1. The van der Waals surface area contributed by atoms with Crippen molar-refractivity contribution in [2.75, 3.05) is 0 Å². The molecule has 0 amide bonds. The number of fused-ring (bicyclic) bond motifs is 2. The van der Waals surface area contributed by atoms with E-state index < -0.39 is 13.3 Å². The van der Waals surface area contributed by atoms with E-state index in [9.17, 15) is 0 Å². The van der Waals surface area contributed by atoms with Crippen molar-refractivity contribution in [1.29, 1.82) is 0 Å². The largest absolute Gasteiger partial charge is 0.361 e. The molecule has 6 heteroatoms. The molecule has 0 spiro atoms. The third kappa shape index (κ3) is 5.22. The van der Waals surface area contributed by atoms with Crippen LogP contribution in [0.25, 0.3) is 21.8 Å². The van der Waals surface area contributed by atoms with Gasteiger partial charge in [0.1, 0.15) is 5.66 Å². The van der Waals surface area contributed by atoms with Crippen molar-refractivity contribution in [1.82, 2.24) is 9.97 Å². The van der Waals surface area contributed by atoms with Crippen LogP contribution in [-0.2, 0) is 26.8 Å². The Morgan fingerprint density at radius 1 is 0.641 bits per heavy atom. The lowest BCUT2D eigenvalue weighted by Crippen LogP contribution is -2.09. The summed E-state index contributed by atoms with van der Waals surface area (Å²) in [5.74, 6) is 0. The normalized spacial score (nSPS) is 12.1. The van der Waals surface area contributed by atoms with E-state index in [0.717, 1.165) is 55.2 Å². The van der Waals surface area contributed by atoms with Gasteiger partial charge in [-0.25, -0.2) is 0 Å². The highest BCUT2D eigenvalue weighted by Crippen LogP contribution is 2.66. The van der Waals surface area contributed by atoms with Gasteiger partial charge in [0.25, 0.3) is 0 Å². The van der Waals surface area contributed by atoms with Crippen LogP contribution in [0.4, 0.5) is 0 Å². The van der Waals surface area contributed by atoms with E-state index in [2.05, 4.69) is 60.2 Å². The van der Waals surface area contributed by atoms with Crippen LogP contribution < -0.4 is 0 Å². The van der Waals surface area contributed by atoms with Crippen molar-refractivity contribution < 1.29 is 13.6 Å². The van der Waals surface area contributed by atoms with Gasteiger partial charge < -0.3 is 19.0 Å². The topological polar surface area (TPSA) is 67.1 Å². The third-order valence-electron chi connectivity index (χ3n) is 7.15. The number of hydrogen-bond acceptors (Lipinski definition) is 3. The molecule has 0 aliphatic carbocycles. The fourth-order valence-corrected chi connectivity index (χ4v) is 7.28. The van der Waals surface area contributed by atoms with Crippen LogP contribution in [-0.4, -0.2) is 9.97 Å². The van der Waals surface area contributed by atoms with Crippen LogP contribution in [0, 0.1) is 13.8 Å². The first-order chi connectivity index (χ1) is 19.0. The molecule has 5 nitrogen and oxygen atoms in total. The number of rotatable bonds is 9. The van der Waals surface area contributed by atoms with Crippen LogP contribution in [0.15, 0.2) is 109 Å². The SMILES string of the molecule is Cc1ccc2[nH]cc(C(c3c[nH]c4ccc(C)cc34)P(=O)(OCc3ccccc3)OCc3ccccc3)c2c1. The summed E-state index contributed by atoms with van der Waals surface area (Å²) in [6.45, 7) is 4.48. The number of aryl methyl sites for hydroxylation is 2. The molecule has 0 fully saturated rings. The molecule has 196 valence electrons. The zero-order chi connectivity index (χ0) is 26.8. The summed E-state index contributed by atoms with van der Waals surface area (Å²) in [4.78, 5) is 6.79. The molecule has 6 aromatic rings. The predicted molar refractivity (Wildman–Crippen MR) is 158 cm³/mol. The molecular formula is C33H31N2O3P. The van der Waals surface area contributed by atoms with Crippen LogP contribution >= 0.6 is 7.60 Å². The summed E-state index contributed by atoms with van der Waals surface area (Å²) in [6, 6.07) is 32.2. The molecule has 2 aromatic heterocycles. The van der Waals surface area contributed by atoms with Crippen molar-refractivity contribution in [3.8, 4) is 0 Å². The van der Waals surface area contributed by atoms with Crippen molar-refractivity contribution in [2.45, 2.75) is 32.7 Å². The first-order valence-electron chi connectivity index (χ1n) is 13.1. The third-order valence-corrected chi connectivity index (χ3v) is 9.32. The van der Waals surface area contributed by atoms with Crippen LogP contribution in [0.2, 0.25) is 0 Å². The van der Waals surface area contributed by atoms with Gasteiger partial charge in [-0.1, -0.05) is 83.9 Å². The van der Waals surface area contributed by atoms with E-state index in [1.54, 1.807) is 0 Å². The van der Waals surface area contributed by atoms with Gasteiger partial charge in [-0.05, 0) is 60.4 Å². The lowest BCUT2D eigenvalue weighted by molar-refractivity contribution is 0.186. The quantitative estimate of drug-likeness (QED) is 0.182. The number of nitrogens with one attached hydrogen (secondary N) is 2. The second-order valence-corrected chi connectivity index (χ2v) is 12.2. The highest BCUT2D eigenvalue weighted by atomic mass is 31.2. The first-order valence-corrected chi connectivity index (χ1v) is 14.7. The Morgan fingerprint density at radius 3 is 1.51 bits per heavy atom. The molecule has 0 unspecified atom stereocenters. The Morgan fingerprint density at radius 2 is 1.08 bits per heavy atom. The summed E-state index contributed by atoms with van der Waals surface area (Å²) in [7, 11) is -3.82. The van der Waals surface area contributed by atoms with Crippen LogP contribution in [0.5, 0.6) is 0 Å². The van der Waals surface area contributed by atoms with E-state index in [-0.39, 0.29) is 13.2 Å². The average Bonchev–Trinajstić information content (AvgIpc) is 3.56. The van der Waals surface area contributed by atoms with Gasteiger partial charge in [0.05, 0.1) is 13.2 Å². The minimum atomic E-state index is -3.82. The lowest BCUT2D eigenvalue weighted by Gasteiger charge is -2.27. The highest BCUT2D eigenvalue weighted by Gasteiger charge is 2.41. The standard InChI is InChI=1S/C33H31N2O3P/c1-23-13-15-31-27(17-23)29(19-34-31)33(30-20-35-32-16-14-24(2)18-28(30)32)39(36,37-21-25-9-5-3-6-10-25)38-22-26-11-7-4-8-12-26/h3-20,33-35H,21-22H2,1-2H3. The van der Waals surface area contributed by atoms with E-state index in [1.807, 2.05) is 73.1 Å². The van der Waals surface area contributed by atoms with Gasteiger partial charge in [-0.3, -0.25) is 4.57 Å². The van der Waals surface area contributed by atoms with Crippen molar-refractivity contribution >= 4 is 29.4 Å². The molecule has 39 heavy (non-hydrogen) atoms. The molecule has 0 radical (unpaired) electrons. The monoisotopic (exact) mass is 534 g/mol. The Labute approximate surface area is 228 Å². The molecule has 0 aliphatic rings. The van der Waals surface area contributed by atoms with Crippen LogP contribution in [0.1, 0.15) is 39.0 Å². The fraction of sp³-hybridized carbons (Fsp3) is 0.152. The Bertz CT molecular complexity index is 1650. The number of H-pyrrole nitrogens is 2. The minimum Gasteiger partial charge on any atom is -0.361 e. The van der Waals surface area contributed by atoms with Crippen molar-refractivity contribution in [2.24, 2.45) is 0 Å². The molecule has 4 aromatic carbocycles. The van der Waals surface area contributed by atoms with E-state index in [4.69, 9.17) is 9.05 Å². The number of hydrogen-bond donors (Lipinski definition) is 2. The van der Waals surface area contributed by atoms with Gasteiger partial charge in [-0.2, -0.15) is 0 Å². The molecule has 0 saturated carbocycles. The molecular weight excluding hydrogens is 503 g/mol. The molecule has 2 N–H and O–H groups in total. The molecule has 0 atom stereocenters. The molecule has 0 bridgehead atoms. The Hall–Kier alpha value is -3.89. The Kier molecular flexibility index (Phi) is 6.97. The van der Waals surface area contributed by atoms with Gasteiger partial charge in [0.15, 0.2) is 0 Å². The summed E-state index contributed by atoms with van der Waals surface area (Å²) in [5.41, 5.74) is 7.21. The van der Waals surface area contributed by atoms with E-state index in [1.165, 1.54) is 0 Å². The predicted octanol–water partition coefficient (Wildman–Crippen LogP) is 8.98. The molecule has 0 saturated heterocycles. The zero-order valence-corrected chi connectivity index (χ0v) is 23.0. The maximum Gasteiger partial charge on any atom is 0.343 e.